The van der Waals surface area contributed by atoms with E-state index in [1.807, 2.05) is 0 Å². The smallest absolute Gasteiger partial charge is 0.343 e. The van der Waals surface area contributed by atoms with Crippen molar-refractivity contribution < 1.29 is 47.5 Å². The van der Waals surface area contributed by atoms with Crippen LogP contribution in [0.3, 0.4) is 0 Å². The number of benzene rings is 4. The lowest BCUT2D eigenvalue weighted by molar-refractivity contribution is 0.0722. The molecule has 86 heavy (non-hydrogen) atoms. The lowest BCUT2D eigenvalue weighted by atomic mass is 10.0. The van der Waals surface area contributed by atoms with Crippen LogP contribution in [0.1, 0.15) is 293 Å². The maximum absolute atomic E-state index is 14.7. The number of hydrogen-bond acceptors (Lipinski definition) is 12. The molecular weight excluding hydrogens is 1080 g/mol. The van der Waals surface area contributed by atoms with Gasteiger partial charge in [0.2, 0.25) is 11.5 Å². The van der Waals surface area contributed by atoms with E-state index in [9.17, 15) is 9.59 Å². The van der Waals surface area contributed by atoms with Crippen molar-refractivity contribution >= 4 is 23.3 Å². The third-order valence-corrected chi connectivity index (χ3v) is 15.7. The van der Waals surface area contributed by atoms with Crippen LogP contribution in [0.15, 0.2) is 60.7 Å². The summed E-state index contributed by atoms with van der Waals surface area (Å²) in [7, 11) is 0. The van der Waals surface area contributed by atoms with E-state index in [0.717, 1.165) is 116 Å². The fraction of sp³-hybridized carbons (Fsp3) is 0.649. The van der Waals surface area contributed by atoms with Gasteiger partial charge in [-0.15, -0.1) is 0 Å². The van der Waals surface area contributed by atoms with E-state index >= 15 is 0 Å². The summed E-state index contributed by atoms with van der Waals surface area (Å²) in [5.74, 6) is 1.82. The zero-order valence-corrected chi connectivity index (χ0v) is 54.7. The molecule has 0 unspecified atom stereocenters. The summed E-state index contributed by atoms with van der Waals surface area (Å²) in [5.41, 5.74) is 15.1. The molecule has 4 N–H and O–H groups in total. The van der Waals surface area contributed by atoms with Crippen LogP contribution in [0, 0.1) is 0 Å². The number of carbonyl (C=O) groups excluding carboxylic acids is 2. The van der Waals surface area contributed by atoms with E-state index in [2.05, 4.69) is 41.5 Å². The van der Waals surface area contributed by atoms with E-state index in [0.29, 0.717) is 96.6 Å². The van der Waals surface area contributed by atoms with Gasteiger partial charge in [0.15, 0.2) is 23.0 Å². The molecule has 4 aromatic rings. The average Bonchev–Trinajstić information content (AvgIpc) is 3.22. The molecule has 4 rings (SSSR count). The Morgan fingerprint density at radius 2 is 0.500 bits per heavy atom. The van der Waals surface area contributed by atoms with Gasteiger partial charge >= 0.3 is 11.9 Å². The molecule has 12 heteroatoms. The van der Waals surface area contributed by atoms with Crippen molar-refractivity contribution in [2.24, 2.45) is 0 Å². The van der Waals surface area contributed by atoms with Gasteiger partial charge in [0.1, 0.15) is 11.5 Å². The number of anilines is 2. The van der Waals surface area contributed by atoms with Crippen molar-refractivity contribution in [3.8, 4) is 57.1 Å². The molecule has 0 spiro atoms. The molecule has 482 valence electrons. The Balaban J connectivity index is 1.72. The van der Waals surface area contributed by atoms with E-state index in [1.54, 1.807) is 60.7 Å². The molecule has 0 atom stereocenters. The van der Waals surface area contributed by atoms with Crippen LogP contribution in [-0.2, 0) is 0 Å². The van der Waals surface area contributed by atoms with Crippen molar-refractivity contribution in [2.45, 2.75) is 273 Å². The molecule has 0 radical (unpaired) electrons. The Labute approximate surface area is 521 Å². The average molecular weight is 1190 g/mol. The molecule has 0 fully saturated rings. The van der Waals surface area contributed by atoms with Crippen molar-refractivity contribution in [3.05, 3.63) is 71.8 Å². The largest absolute Gasteiger partial charge is 0.490 e. The number of rotatable bonds is 53. The summed E-state index contributed by atoms with van der Waals surface area (Å²) >= 11 is 0. The topological polar surface area (TPSA) is 160 Å². The zero-order chi connectivity index (χ0) is 61.7. The second-order valence-corrected chi connectivity index (χ2v) is 23.6. The van der Waals surface area contributed by atoms with Crippen LogP contribution in [0.4, 0.5) is 11.4 Å². The Morgan fingerprint density at radius 1 is 0.279 bits per heavy atom. The van der Waals surface area contributed by atoms with Crippen LogP contribution in [0.2, 0.25) is 0 Å². The molecular formula is C74H116N2O10. The van der Waals surface area contributed by atoms with Crippen molar-refractivity contribution in [1.82, 2.24) is 0 Å². The molecule has 0 amide bonds. The lowest BCUT2D eigenvalue weighted by Gasteiger charge is -2.20. The van der Waals surface area contributed by atoms with Gasteiger partial charge in [0.25, 0.3) is 0 Å². The number of nitrogens with two attached hydrogens (primary N) is 2. The molecule has 0 heterocycles. The maximum atomic E-state index is 14.7. The first-order chi connectivity index (χ1) is 42.2. The fourth-order valence-electron chi connectivity index (χ4n) is 10.5. The number of unbranched alkanes of at least 4 members (excludes halogenated alkanes) is 30. The normalized spacial score (nSPS) is 11.2. The van der Waals surface area contributed by atoms with Crippen LogP contribution in [0.25, 0.3) is 11.1 Å². The van der Waals surface area contributed by atoms with E-state index < -0.39 is 11.9 Å². The summed E-state index contributed by atoms with van der Waals surface area (Å²) in [6, 6.07) is 17.0. The van der Waals surface area contributed by atoms with Gasteiger partial charge in [-0.25, -0.2) is 9.59 Å². The molecule has 0 aliphatic rings. The minimum atomic E-state index is -0.650. The van der Waals surface area contributed by atoms with E-state index in [1.165, 1.54) is 116 Å². The first-order valence-corrected chi connectivity index (χ1v) is 34.5. The molecule has 12 nitrogen and oxygen atoms in total. The molecule has 0 saturated carbocycles. The van der Waals surface area contributed by atoms with Crippen molar-refractivity contribution in [1.29, 1.82) is 0 Å². The highest BCUT2D eigenvalue weighted by Crippen LogP contribution is 2.44. The second-order valence-electron chi connectivity index (χ2n) is 23.6. The van der Waals surface area contributed by atoms with Gasteiger partial charge in [-0.2, -0.15) is 0 Å². The molecule has 0 aromatic heterocycles. The second kappa shape index (κ2) is 46.4. The third kappa shape index (κ3) is 29.3. The highest BCUT2D eigenvalue weighted by molar-refractivity contribution is 5.96. The predicted molar refractivity (Wildman–Crippen MR) is 357 cm³/mol. The summed E-state index contributed by atoms with van der Waals surface area (Å²) in [6.07, 6.45) is 40.1. The van der Waals surface area contributed by atoms with Gasteiger partial charge in [-0.1, -0.05) is 234 Å². The molecule has 0 bridgehead atoms. The van der Waals surface area contributed by atoms with Gasteiger partial charge < -0.3 is 49.4 Å². The quantitative estimate of drug-likeness (QED) is 0.0187. The number of nitrogen functional groups attached to an aromatic ring is 2. The van der Waals surface area contributed by atoms with Crippen molar-refractivity contribution in [3.63, 3.8) is 0 Å². The molecule has 0 saturated heterocycles. The first-order valence-electron chi connectivity index (χ1n) is 34.5. The highest BCUT2D eigenvalue weighted by atomic mass is 16.6. The summed E-state index contributed by atoms with van der Waals surface area (Å²) in [6.45, 7) is 16.2. The molecule has 0 aliphatic carbocycles. The Kier molecular flexibility index (Phi) is 39.2. The highest BCUT2D eigenvalue weighted by Gasteiger charge is 2.25. The minimum Gasteiger partial charge on any atom is -0.490 e. The zero-order valence-electron chi connectivity index (χ0n) is 54.7. The van der Waals surface area contributed by atoms with Crippen LogP contribution in [0.5, 0.6) is 46.0 Å². The van der Waals surface area contributed by atoms with E-state index in [-0.39, 0.29) is 22.6 Å². The summed E-state index contributed by atoms with van der Waals surface area (Å²) in [4.78, 5) is 29.5. The number of carbonyl (C=O) groups is 2. The number of hydrogen-bond donors (Lipinski definition) is 2. The minimum absolute atomic E-state index is 0.159. The van der Waals surface area contributed by atoms with Crippen LogP contribution >= 0.6 is 0 Å². The number of ether oxygens (including phenoxy) is 8. The van der Waals surface area contributed by atoms with Crippen LogP contribution < -0.4 is 49.4 Å². The van der Waals surface area contributed by atoms with Gasteiger partial charge in [-0.3, -0.25) is 0 Å². The van der Waals surface area contributed by atoms with Gasteiger partial charge in [-0.05, 0) is 87.1 Å². The Hall–Kier alpha value is -5.78. The summed E-state index contributed by atoms with van der Waals surface area (Å²) in [5, 5.41) is 0. The Morgan fingerprint density at radius 3 is 0.744 bits per heavy atom. The Bertz CT molecular complexity index is 2200. The summed E-state index contributed by atoms with van der Waals surface area (Å²) < 4.78 is 52.0. The van der Waals surface area contributed by atoms with Gasteiger partial charge in [0.05, 0.1) is 50.8 Å². The van der Waals surface area contributed by atoms with E-state index in [4.69, 9.17) is 49.4 Å². The first kappa shape index (κ1) is 72.7. The van der Waals surface area contributed by atoms with Gasteiger partial charge in [0, 0.05) is 34.6 Å². The monoisotopic (exact) mass is 1190 g/mol. The standard InChI is InChI=1S/C74H116N2O10/c1-7-13-19-25-31-37-47-79-67-53-59(54-68(80-48-38-32-26-20-14-8-2)71(67)83-51-41-35-29-23-17-11-5)73(77)85-65-57-61(75)43-45-63(65)64-46-44-62(76)58-66(64)86-74(78)60-55-69(81-49-39-33-27-21-15-9-3)72(84-52-42-36-30-24-18-12-6)70(56-60)82-50-40-34-28-22-16-10-4/h43-46,53-58H,7-42,47-52,75-76H2,1-6H3. The van der Waals surface area contributed by atoms with Crippen LogP contribution in [-0.4, -0.2) is 51.6 Å². The molecule has 4 aromatic carbocycles. The maximum Gasteiger partial charge on any atom is 0.343 e. The number of esters is 2. The lowest BCUT2D eigenvalue weighted by Crippen LogP contribution is -2.13. The SMILES string of the molecule is CCCCCCCCOc1cc(C(=O)Oc2cc(N)ccc2-c2ccc(N)cc2OC(=O)c2cc(OCCCCCCCC)c(OCCCCCCCC)c(OCCCCCCCC)c2)cc(OCCCCCCCC)c1OCCCCCCCC. The predicted octanol–water partition coefficient (Wildman–Crippen LogP) is 21.4. The third-order valence-electron chi connectivity index (χ3n) is 15.7. The van der Waals surface area contributed by atoms with Crippen molar-refractivity contribution in [2.75, 3.05) is 51.1 Å². The fourth-order valence-corrected chi connectivity index (χ4v) is 10.5. The molecule has 0 aliphatic heterocycles.